The molecule has 0 bridgehead atoms. The van der Waals surface area contributed by atoms with Crippen LogP contribution < -0.4 is 14.8 Å². The summed E-state index contributed by atoms with van der Waals surface area (Å²) in [6, 6.07) is 11.0. The number of hydrogen-bond acceptors (Lipinski definition) is 5. The molecule has 0 unspecified atom stereocenters. The fraction of sp³-hybridized carbons (Fsp3) is 0.188. The van der Waals surface area contributed by atoms with E-state index in [-0.39, 0.29) is 23.0 Å². The molecule has 2 aromatic carbocycles. The third-order valence-electron chi connectivity index (χ3n) is 2.95. The fourth-order valence-corrected chi connectivity index (χ4v) is 1.77. The number of hydrogen-bond donors (Lipinski definition) is 3. The summed E-state index contributed by atoms with van der Waals surface area (Å²) in [5, 5.41) is 21.2. The third-order valence-corrected chi connectivity index (χ3v) is 2.95. The number of phenols is 2. The van der Waals surface area contributed by atoms with Crippen LogP contribution in [0.3, 0.4) is 0 Å². The number of nitrogens with one attached hydrogen (secondary N) is 1. The molecule has 0 heterocycles. The van der Waals surface area contributed by atoms with Gasteiger partial charge in [0.1, 0.15) is 18.1 Å². The molecule has 0 saturated carbocycles. The van der Waals surface area contributed by atoms with Crippen molar-refractivity contribution in [3.8, 4) is 23.0 Å². The first-order valence-corrected chi connectivity index (χ1v) is 6.67. The topological polar surface area (TPSA) is 88.0 Å². The van der Waals surface area contributed by atoms with E-state index in [0.29, 0.717) is 18.9 Å². The van der Waals surface area contributed by atoms with Gasteiger partial charge in [0.15, 0.2) is 11.5 Å². The van der Waals surface area contributed by atoms with Gasteiger partial charge in [-0.1, -0.05) is 0 Å². The van der Waals surface area contributed by atoms with Crippen molar-refractivity contribution in [3.63, 3.8) is 0 Å². The predicted octanol–water partition coefficient (Wildman–Crippen LogP) is 1.92. The second kappa shape index (κ2) is 7.21. The van der Waals surface area contributed by atoms with Crippen molar-refractivity contribution in [1.82, 2.24) is 5.32 Å². The predicted molar refractivity (Wildman–Crippen MR) is 80.6 cm³/mol. The number of rotatable bonds is 6. The molecule has 0 spiro atoms. The van der Waals surface area contributed by atoms with Crippen molar-refractivity contribution in [2.45, 2.75) is 0 Å². The summed E-state index contributed by atoms with van der Waals surface area (Å²) in [5.74, 6) is 0.472. The summed E-state index contributed by atoms with van der Waals surface area (Å²) >= 11 is 0. The van der Waals surface area contributed by atoms with Gasteiger partial charge in [-0.25, -0.2) is 0 Å². The SMILES string of the molecule is COc1ccc(OCCNC(=O)c2ccc(O)c(O)c2)cc1. The van der Waals surface area contributed by atoms with E-state index in [4.69, 9.17) is 9.47 Å². The summed E-state index contributed by atoms with van der Waals surface area (Å²) < 4.78 is 10.5. The number of amides is 1. The number of methoxy groups -OCH3 is 1. The molecule has 116 valence electrons. The van der Waals surface area contributed by atoms with Gasteiger partial charge in [-0.2, -0.15) is 0 Å². The normalized spacial score (nSPS) is 10.0. The average molecular weight is 303 g/mol. The van der Waals surface area contributed by atoms with Gasteiger partial charge in [0.05, 0.1) is 13.7 Å². The van der Waals surface area contributed by atoms with E-state index in [1.807, 2.05) is 0 Å². The number of phenolic OH excluding ortho intramolecular Hbond substituents is 2. The highest BCUT2D eigenvalue weighted by Crippen LogP contribution is 2.24. The van der Waals surface area contributed by atoms with Crippen molar-refractivity contribution in [2.75, 3.05) is 20.3 Å². The molecule has 0 saturated heterocycles. The Kier molecular flexibility index (Phi) is 5.08. The lowest BCUT2D eigenvalue weighted by Crippen LogP contribution is -2.28. The van der Waals surface area contributed by atoms with Crippen LogP contribution in [-0.4, -0.2) is 36.4 Å². The number of ether oxygens (including phenoxy) is 2. The zero-order valence-electron chi connectivity index (χ0n) is 12.1. The summed E-state index contributed by atoms with van der Waals surface area (Å²) in [5.41, 5.74) is 0.264. The molecule has 0 aliphatic rings. The number of aromatic hydroxyl groups is 2. The van der Waals surface area contributed by atoms with E-state index in [2.05, 4.69) is 5.32 Å². The highest BCUT2D eigenvalue weighted by atomic mass is 16.5. The van der Waals surface area contributed by atoms with Gasteiger partial charge in [-0.3, -0.25) is 4.79 Å². The van der Waals surface area contributed by atoms with Gasteiger partial charge >= 0.3 is 0 Å². The second-order valence-electron chi connectivity index (χ2n) is 4.48. The Bertz CT molecular complexity index is 639. The molecule has 0 atom stereocenters. The molecule has 2 aromatic rings. The Morgan fingerprint density at radius 3 is 2.36 bits per heavy atom. The highest BCUT2D eigenvalue weighted by Gasteiger charge is 2.08. The average Bonchev–Trinajstić information content (AvgIpc) is 2.54. The molecule has 2 rings (SSSR count). The zero-order chi connectivity index (χ0) is 15.9. The number of benzene rings is 2. The molecule has 0 aliphatic carbocycles. The lowest BCUT2D eigenvalue weighted by Gasteiger charge is -2.09. The van der Waals surface area contributed by atoms with Crippen LogP contribution in [0.5, 0.6) is 23.0 Å². The van der Waals surface area contributed by atoms with Crippen molar-refractivity contribution in [2.24, 2.45) is 0 Å². The maximum absolute atomic E-state index is 11.8. The Labute approximate surface area is 127 Å². The van der Waals surface area contributed by atoms with Gasteiger partial charge < -0.3 is 25.0 Å². The van der Waals surface area contributed by atoms with Gasteiger partial charge in [-0.15, -0.1) is 0 Å². The van der Waals surface area contributed by atoms with Crippen LogP contribution in [0, 0.1) is 0 Å². The van der Waals surface area contributed by atoms with Crippen LogP contribution in [0.1, 0.15) is 10.4 Å². The van der Waals surface area contributed by atoms with Gasteiger partial charge in [0.25, 0.3) is 5.91 Å². The minimum absolute atomic E-state index is 0.264. The summed E-state index contributed by atoms with van der Waals surface area (Å²) in [6.45, 7) is 0.620. The van der Waals surface area contributed by atoms with E-state index >= 15 is 0 Å². The smallest absolute Gasteiger partial charge is 0.251 e. The van der Waals surface area contributed by atoms with Crippen LogP contribution in [0.2, 0.25) is 0 Å². The van der Waals surface area contributed by atoms with E-state index in [9.17, 15) is 15.0 Å². The van der Waals surface area contributed by atoms with E-state index in [1.54, 1.807) is 31.4 Å². The number of carbonyl (C=O) groups is 1. The van der Waals surface area contributed by atoms with E-state index in [1.165, 1.54) is 18.2 Å². The minimum atomic E-state index is -0.353. The van der Waals surface area contributed by atoms with Crippen LogP contribution in [0.15, 0.2) is 42.5 Å². The third kappa shape index (κ3) is 4.05. The molecule has 0 aromatic heterocycles. The Hall–Kier alpha value is -2.89. The summed E-state index contributed by atoms with van der Waals surface area (Å²) in [6.07, 6.45) is 0. The van der Waals surface area contributed by atoms with E-state index in [0.717, 1.165) is 5.75 Å². The van der Waals surface area contributed by atoms with E-state index < -0.39 is 0 Å². The Morgan fingerprint density at radius 1 is 1.05 bits per heavy atom. The summed E-state index contributed by atoms with van der Waals surface area (Å²) in [4.78, 5) is 11.8. The number of carbonyl (C=O) groups excluding carboxylic acids is 1. The van der Waals surface area contributed by atoms with Crippen molar-refractivity contribution >= 4 is 5.91 Å². The van der Waals surface area contributed by atoms with Crippen LogP contribution in [0.25, 0.3) is 0 Å². The second-order valence-corrected chi connectivity index (χ2v) is 4.48. The molecule has 6 nitrogen and oxygen atoms in total. The lowest BCUT2D eigenvalue weighted by atomic mass is 10.2. The first-order chi connectivity index (χ1) is 10.6. The maximum atomic E-state index is 11.8. The fourth-order valence-electron chi connectivity index (χ4n) is 1.77. The first kappa shape index (κ1) is 15.5. The molecule has 1 amide bonds. The van der Waals surface area contributed by atoms with Gasteiger partial charge in [0, 0.05) is 5.56 Å². The molecule has 0 radical (unpaired) electrons. The minimum Gasteiger partial charge on any atom is -0.504 e. The molecular weight excluding hydrogens is 286 g/mol. The van der Waals surface area contributed by atoms with Crippen LogP contribution in [0.4, 0.5) is 0 Å². The molecule has 0 aliphatic heterocycles. The Morgan fingerprint density at radius 2 is 1.73 bits per heavy atom. The van der Waals surface area contributed by atoms with Crippen molar-refractivity contribution < 1.29 is 24.5 Å². The van der Waals surface area contributed by atoms with Gasteiger partial charge in [-0.05, 0) is 42.5 Å². The zero-order valence-corrected chi connectivity index (χ0v) is 12.1. The first-order valence-electron chi connectivity index (χ1n) is 6.67. The molecule has 3 N–H and O–H groups in total. The molecular formula is C16H17NO5. The lowest BCUT2D eigenvalue weighted by molar-refractivity contribution is 0.0946. The van der Waals surface area contributed by atoms with Crippen molar-refractivity contribution in [3.05, 3.63) is 48.0 Å². The largest absolute Gasteiger partial charge is 0.504 e. The standard InChI is InChI=1S/C16H17NO5/c1-21-12-3-5-13(6-4-12)22-9-8-17-16(20)11-2-7-14(18)15(19)10-11/h2-7,10,18-19H,8-9H2,1H3,(H,17,20). The van der Waals surface area contributed by atoms with Crippen molar-refractivity contribution in [1.29, 1.82) is 0 Å². The molecule has 6 heteroatoms. The molecule has 0 fully saturated rings. The Balaban J connectivity index is 1.77. The highest BCUT2D eigenvalue weighted by molar-refractivity contribution is 5.94. The van der Waals surface area contributed by atoms with Crippen LogP contribution >= 0.6 is 0 Å². The monoisotopic (exact) mass is 303 g/mol. The quantitative estimate of drug-likeness (QED) is 0.560. The molecule has 22 heavy (non-hydrogen) atoms. The maximum Gasteiger partial charge on any atom is 0.251 e. The summed E-state index contributed by atoms with van der Waals surface area (Å²) in [7, 11) is 1.59. The van der Waals surface area contributed by atoms with Gasteiger partial charge in [0.2, 0.25) is 0 Å². The van der Waals surface area contributed by atoms with Crippen LogP contribution in [-0.2, 0) is 0 Å².